The third-order valence-electron chi connectivity index (χ3n) is 5.77. The number of hydrogen-bond acceptors (Lipinski definition) is 3. The van der Waals surface area contributed by atoms with E-state index in [0.29, 0.717) is 32.1 Å². The predicted molar refractivity (Wildman–Crippen MR) is 104 cm³/mol. The number of carbonyl (C=O) groups is 2. The summed E-state index contributed by atoms with van der Waals surface area (Å²) < 4.78 is 13.1. The summed E-state index contributed by atoms with van der Waals surface area (Å²) in [5, 5.41) is 0. The van der Waals surface area contributed by atoms with Crippen LogP contribution in [0.3, 0.4) is 0 Å². The smallest absolute Gasteiger partial charge is 0.237 e. The first-order valence-corrected chi connectivity index (χ1v) is 9.88. The summed E-state index contributed by atoms with van der Waals surface area (Å²) in [4.78, 5) is 31.9. The first kappa shape index (κ1) is 19.6. The summed E-state index contributed by atoms with van der Waals surface area (Å²) in [5.41, 5.74) is -0.0732. The number of halogens is 1. The Kier molecular flexibility index (Phi) is 5.72. The van der Waals surface area contributed by atoms with Crippen LogP contribution in [-0.4, -0.2) is 60.9 Å². The number of hydrogen-bond donors (Lipinski definition) is 0. The van der Waals surface area contributed by atoms with Crippen LogP contribution in [-0.2, 0) is 9.59 Å². The molecule has 1 aromatic carbocycles. The minimum absolute atomic E-state index is 0.0555. The SMILES string of the molecule is CC1CCCN(C(=O)C(C)(C)C(=O)N2CCN(c3ccc(F)cc3)CC2)C1. The molecule has 3 rings (SSSR count). The number of amides is 2. The van der Waals surface area contributed by atoms with Gasteiger partial charge < -0.3 is 14.7 Å². The standard InChI is InChI=1S/C21H30FN3O2/c1-16-5-4-10-25(15-16)20(27)21(2,3)19(26)24-13-11-23(12-14-24)18-8-6-17(22)7-9-18/h6-9,16H,4-5,10-15H2,1-3H3. The lowest BCUT2D eigenvalue weighted by molar-refractivity contribution is -0.155. The Labute approximate surface area is 161 Å². The summed E-state index contributed by atoms with van der Waals surface area (Å²) in [6.45, 7) is 9.67. The number of rotatable bonds is 3. The number of piperazine rings is 1. The van der Waals surface area contributed by atoms with E-state index in [1.807, 2.05) is 4.90 Å². The van der Waals surface area contributed by atoms with Crippen LogP contribution < -0.4 is 4.90 Å². The van der Waals surface area contributed by atoms with Crippen molar-refractivity contribution in [2.45, 2.75) is 33.6 Å². The van der Waals surface area contributed by atoms with Gasteiger partial charge >= 0.3 is 0 Å². The molecule has 0 aliphatic carbocycles. The van der Waals surface area contributed by atoms with Crippen LogP contribution in [0.4, 0.5) is 10.1 Å². The van der Waals surface area contributed by atoms with E-state index in [9.17, 15) is 14.0 Å². The van der Waals surface area contributed by atoms with E-state index in [2.05, 4.69) is 11.8 Å². The zero-order valence-electron chi connectivity index (χ0n) is 16.6. The highest BCUT2D eigenvalue weighted by molar-refractivity contribution is 6.04. The van der Waals surface area contributed by atoms with E-state index >= 15 is 0 Å². The monoisotopic (exact) mass is 375 g/mol. The largest absolute Gasteiger partial charge is 0.368 e. The molecule has 5 nitrogen and oxygen atoms in total. The fraction of sp³-hybridized carbons (Fsp3) is 0.619. The average molecular weight is 375 g/mol. The Hall–Kier alpha value is -2.11. The van der Waals surface area contributed by atoms with Gasteiger partial charge in [0.05, 0.1) is 0 Å². The molecule has 0 bridgehead atoms. The minimum Gasteiger partial charge on any atom is -0.368 e. The van der Waals surface area contributed by atoms with Crippen molar-refractivity contribution in [1.82, 2.24) is 9.80 Å². The maximum absolute atomic E-state index is 13.1. The highest BCUT2D eigenvalue weighted by Crippen LogP contribution is 2.27. The molecule has 6 heteroatoms. The summed E-state index contributed by atoms with van der Waals surface area (Å²) in [7, 11) is 0. The average Bonchev–Trinajstić information content (AvgIpc) is 2.67. The van der Waals surface area contributed by atoms with E-state index < -0.39 is 5.41 Å². The fourth-order valence-corrected chi connectivity index (χ4v) is 4.08. The van der Waals surface area contributed by atoms with E-state index in [1.54, 1.807) is 30.9 Å². The Morgan fingerprint density at radius 2 is 1.56 bits per heavy atom. The van der Waals surface area contributed by atoms with Crippen molar-refractivity contribution < 1.29 is 14.0 Å². The van der Waals surface area contributed by atoms with Gasteiger partial charge in [0, 0.05) is 45.0 Å². The molecular formula is C21H30FN3O2. The Morgan fingerprint density at radius 3 is 2.15 bits per heavy atom. The van der Waals surface area contributed by atoms with Crippen molar-refractivity contribution in [2.75, 3.05) is 44.2 Å². The minimum atomic E-state index is -1.03. The second-order valence-electron chi connectivity index (χ2n) is 8.38. The molecule has 2 aliphatic heterocycles. The fourth-order valence-electron chi connectivity index (χ4n) is 4.08. The van der Waals surface area contributed by atoms with E-state index in [1.165, 1.54) is 12.1 Å². The summed E-state index contributed by atoms with van der Waals surface area (Å²) in [5.74, 6) is 0.0946. The van der Waals surface area contributed by atoms with E-state index in [0.717, 1.165) is 31.6 Å². The van der Waals surface area contributed by atoms with Gasteiger partial charge in [0.15, 0.2) is 0 Å². The summed E-state index contributed by atoms with van der Waals surface area (Å²) in [6.07, 6.45) is 2.15. The van der Waals surface area contributed by atoms with E-state index in [-0.39, 0.29) is 17.6 Å². The molecule has 0 spiro atoms. The van der Waals surface area contributed by atoms with Gasteiger partial charge in [0.1, 0.15) is 11.2 Å². The van der Waals surface area contributed by atoms with E-state index in [4.69, 9.17) is 0 Å². The Balaban J connectivity index is 1.60. The quantitative estimate of drug-likeness (QED) is 0.763. The van der Waals surface area contributed by atoms with Crippen molar-refractivity contribution in [3.63, 3.8) is 0 Å². The molecule has 1 aromatic rings. The number of carbonyl (C=O) groups excluding carboxylic acids is 2. The zero-order chi connectivity index (χ0) is 19.6. The van der Waals surface area contributed by atoms with Crippen molar-refractivity contribution >= 4 is 17.5 Å². The molecule has 2 amide bonds. The van der Waals surface area contributed by atoms with Crippen molar-refractivity contribution in [3.8, 4) is 0 Å². The van der Waals surface area contributed by atoms with Gasteiger partial charge in [0.2, 0.25) is 11.8 Å². The lowest BCUT2D eigenvalue weighted by Crippen LogP contribution is -2.56. The van der Waals surface area contributed by atoms with Gasteiger partial charge in [-0.1, -0.05) is 6.92 Å². The van der Waals surface area contributed by atoms with Crippen LogP contribution in [0, 0.1) is 17.2 Å². The number of benzene rings is 1. The third-order valence-corrected chi connectivity index (χ3v) is 5.77. The molecule has 0 saturated carbocycles. The molecule has 0 aromatic heterocycles. The van der Waals surface area contributed by atoms with Gasteiger partial charge in [0.25, 0.3) is 0 Å². The highest BCUT2D eigenvalue weighted by atomic mass is 19.1. The van der Waals surface area contributed by atoms with Crippen molar-refractivity contribution in [1.29, 1.82) is 0 Å². The number of nitrogens with zero attached hydrogens (tertiary/aromatic N) is 3. The van der Waals surface area contributed by atoms with Crippen LogP contribution in [0.2, 0.25) is 0 Å². The first-order valence-electron chi connectivity index (χ1n) is 9.88. The maximum atomic E-state index is 13.1. The molecule has 1 unspecified atom stereocenters. The Morgan fingerprint density at radius 1 is 0.963 bits per heavy atom. The van der Waals surface area contributed by atoms with Gasteiger partial charge in [-0.05, 0) is 56.9 Å². The van der Waals surface area contributed by atoms with Crippen LogP contribution in [0.25, 0.3) is 0 Å². The molecular weight excluding hydrogens is 345 g/mol. The first-order chi connectivity index (χ1) is 12.8. The van der Waals surface area contributed by atoms with Crippen LogP contribution in [0.15, 0.2) is 24.3 Å². The van der Waals surface area contributed by atoms with Crippen LogP contribution in [0.5, 0.6) is 0 Å². The molecule has 2 saturated heterocycles. The van der Waals surface area contributed by atoms with Crippen LogP contribution >= 0.6 is 0 Å². The molecule has 2 aliphatic rings. The molecule has 1 atom stereocenters. The normalized spacial score (nSPS) is 21.3. The second kappa shape index (κ2) is 7.87. The maximum Gasteiger partial charge on any atom is 0.237 e. The molecule has 2 heterocycles. The zero-order valence-corrected chi connectivity index (χ0v) is 16.6. The molecule has 2 fully saturated rings. The highest BCUT2D eigenvalue weighted by Gasteiger charge is 2.43. The van der Waals surface area contributed by atoms with Gasteiger partial charge in [-0.2, -0.15) is 0 Å². The second-order valence-corrected chi connectivity index (χ2v) is 8.38. The van der Waals surface area contributed by atoms with Crippen molar-refractivity contribution in [2.24, 2.45) is 11.3 Å². The predicted octanol–water partition coefficient (Wildman–Crippen LogP) is 2.76. The summed E-state index contributed by atoms with van der Waals surface area (Å²) >= 11 is 0. The van der Waals surface area contributed by atoms with Gasteiger partial charge in [-0.15, -0.1) is 0 Å². The third kappa shape index (κ3) is 4.25. The van der Waals surface area contributed by atoms with Crippen molar-refractivity contribution in [3.05, 3.63) is 30.1 Å². The molecule has 148 valence electrons. The summed E-state index contributed by atoms with van der Waals surface area (Å²) in [6, 6.07) is 6.43. The lowest BCUT2D eigenvalue weighted by atomic mass is 9.87. The lowest BCUT2D eigenvalue weighted by Gasteiger charge is -2.41. The Bertz CT molecular complexity index is 681. The topological polar surface area (TPSA) is 43.9 Å². The number of anilines is 1. The molecule has 27 heavy (non-hydrogen) atoms. The van der Waals surface area contributed by atoms with Gasteiger partial charge in [-0.25, -0.2) is 4.39 Å². The molecule has 0 N–H and O–H groups in total. The van der Waals surface area contributed by atoms with Gasteiger partial charge in [-0.3, -0.25) is 9.59 Å². The molecule has 0 radical (unpaired) electrons. The van der Waals surface area contributed by atoms with Crippen LogP contribution in [0.1, 0.15) is 33.6 Å². The number of likely N-dealkylation sites (tertiary alicyclic amines) is 1. The number of piperidine rings is 1.